The van der Waals surface area contributed by atoms with Crippen molar-refractivity contribution in [3.05, 3.63) is 53.9 Å². The summed E-state index contributed by atoms with van der Waals surface area (Å²) in [6, 6.07) is 13.3. The maximum absolute atomic E-state index is 12.5. The molecule has 0 aliphatic carbocycles. The van der Waals surface area contributed by atoms with Gasteiger partial charge in [-0.1, -0.05) is 23.4 Å². The molecule has 1 aliphatic heterocycles. The van der Waals surface area contributed by atoms with Crippen molar-refractivity contribution >= 4 is 11.6 Å². The highest BCUT2D eigenvalue weighted by molar-refractivity contribution is 5.97. The molecule has 1 unspecified atom stereocenters. The van der Waals surface area contributed by atoms with Gasteiger partial charge in [0, 0.05) is 24.2 Å². The maximum Gasteiger partial charge on any atom is 0.232 e. The normalized spacial score (nSPS) is 16.5. The van der Waals surface area contributed by atoms with Crippen LogP contribution >= 0.6 is 0 Å². The molecule has 28 heavy (non-hydrogen) atoms. The molecule has 7 heteroatoms. The van der Waals surface area contributed by atoms with Crippen LogP contribution in [0.3, 0.4) is 0 Å². The third kappa shape index (κ3) is 3.19. The summed E-state index contributed by atoms with van der Waals surface area (Å²) in [5, 5.41) is 4.09. The largest absolute Gasteiger partial charge is 0.493 e. The highest BCUT2D eigenvalue weighted by Crippen LogP contribution is 2.35. The lowest BCUT2D eigenvalue weighted by molar-refractivity contribution is -0.117. The number of para-hydroxylation sites is 1. The van der Waals surface area contributed by atoms with Gasteiger partial charge in [0.25, 0.3) is 0 Å². The number of amides is 1. The van der Waals surface area contributed by atoms with Crippen LogP contribution in [-0.2, 0) is 4.79 Å². The van der Waals surface area contributed by atoms with Gasteiger partial charge in [0.15, 0.2) is 11.5 Å². The SMILES string of the molecule is COc1ccc(-c2noc(C3CC(=O)N(c4ccccc4C)C3)n2)cc1OC. The van der Waals surface area contributed by atoms with Crippen LogP contribution in [0, 0.1) is 6.92 Å². The van der Waals surface area contributed by atoms with Crippen LogP contribution in [0.25, 0.3) is 11.4 Å². The maximum atomic E-state index is 12.5. The predicted molar refractivity (Wildman–Crippen MR) is 104 cm³/mol. The number of aryl methyl sites for hydroxylation is 1. The van der Waals surface area contributed by atoms with Crippen LogP contribution in [0.1, 0.15) is 23.8 Å². The number of benzene rings is 2. The topological polar surface area (TPSA) is 77.7 Å². The molecule has 0 bridgehead atoms. The molecule has 7 nitrogen and oxygen atoms in total. The molecular weight excluding hydrogens is 358 g/mol. The monoisotopic (exact) mass is 379 g/mol. The van der Waals surface area contributed by atoms with Crippen molar-refractivity contribution in [1.82, 2.24) is 10.1 Å². The molecule has 0 radical (unpaired) electrons. The van der Waals surface area contributed by atoms with Crippen LogP contribution in [-0.4, -0.2) is 36.8 Å². The van der Waals surface area contributed by atoms with E-state index in [0.29, 0.717) is 36.2 Å². The summed E-state index contributed by atoms with van der Waals surface area (Å²) < 4.78 is 16.1. The van der Waals surface area contributed by atoms with Crippen LogP contribution in [0.15, 0.2) is 47.0 Å². The van der Waals surface area contributed by atoms with Crippen LogP contribution < -0.4 is 14.4 Å². The lowest BCUT2D eigenvalue weighted by atomic mass is 10.1. The molecule has 144 valence electrons. The van der Waals surface area contributed by atoms with E-state index in [4.69, 9.17) is 14.0 Å². The lowest BCUT2D eigenvalue weighted by Gasteiger charge is -2.18. The average molecular weight is 379 g/mol. The van der Waals surface area contributed by atoms with E-state index < -0.39 is 0 Å². The Balaban J connectivity index is 1.57. The minimum absolute atomic E-state index is 0.0603. The second-order valence-electron chi connectivity index (χ2n) is 6.72. The first-order valence-electron chi connectivity index (χ1n) is 9.02. The molecule has 2 aromatic carbocycles. The lowest BCUT2D eigenvalue weighted by Crippen LogP contribution is -2.25. The summed E-state index contributed by atoms with van der Waals surface area (Å²) >= 11 is 0. The summed E-state index contributed by atoms with van der Waals surface area (Å²) in [6.07, 6.45) is 0.349. The fraction of sp³-hybridized carbons (Fsp3) is 0.286. The summed E-state index contributed by atoms with van der Waals surface area (Å²) in [7, 11) is 3.16. The molecule has 0 saturated carbocycles. The Hall–Kier alpha value is -3.35. The Labute approximate surface area is 162 Å². The Bertz CT molecular complexity index is 1010. The van der Waals surface area contributed by atoms with Crippen LogP contribution in [0.2, 0.25) is 0 Å². The zero-order valence-corrected chi connectivity index (χ0v) is 16.0. The molecule has 1 fully saturated rings. The smallest absolute Gasteiger partial charge is 0.232 e. The van der Waals surface area contributed by atoms with Crippen molar-refractivity contribution in [2.24, 2.45) is 0 Å². The molecule has 1 atom stereocenters. The van der Waals surface area contributed by atoms with Gasteiger partial charge in [0.05, 0.1) is 20.1 Å². The Morgan fingerprint density at radius 2 is 1.89 bits per heavy atom. The number of anilines is 1. The van der Waals surface area contributed by atoms with Crippen LogP contribution in [0.5, 0.6) is 11.5 Å². The van der Waals surface area contributed by atoms with E-state index in [1.165, 1.54) is 0 Å². The summed E-state index contributed by atoms with van der Waals surface area (Å²) in [5.74, 6) is 2.07. The van der Waals surface area contributed by atoms with Crippen molar-refractivity contribution in [3.63, 3.8) is 0 Å². The number of rotatable bonds is 5. The minimum Gasteiger partial charge on any atom is -0.493 e. The Morgan fingerprint density at radius 1 is 1.11 bits per heavy atom. The molecular formula is C21H21N3O4. The second-order valence-corrected chi connectivity index (χ2v) is 6.72. The number of hydrogen-bond acceptors (Lipinski definition) is 6. The molecule has 1 aromatic heterocycles. The minimum atomic E-state index is -0.131. The van der Waals surface area contributed by atoms with Gasteiger partial charge in [0.1, 0.15) is 0 Å². The second kappa shape index (κ2) is 7.34. The van der Waals surface area contributed by atoms with Gasteiger partial charge >= 0.3 is 0 Å². The molecule has 3 aromatic rings. The zero-order valence-electron chi connectivity index (χ0n) is 16.0. The molecule has 1 saturated heterocycles. The Kier molecular flexibility index (Phi) is 4.73. The number of nitrogens with zero attached hydrogens (tertiary/aromatic N) is 3. The average Bonchev–Trinajstić information content (AvgIpc) is 3.35. The fourth-order valence-corrected chi connectivity index (χ4v) is 3.47. The van der Waals surface area contributed by atoms with Crippen molar-refractivity contribution in [2.75, 3.05) is 25.7 Å². The van der Waals surface area contributed by atoms with Gasteiger partial charge in [-0.15, -0.1) is 0 Å². The van der Waals surface area contributed by atoms with Gasteiger partial charge in [-0.25, -0.2) is 0 Å². The van der Waals surface area contributed by atoms with Crippen molar-refractivity contribution in [3.8, 4) is 22.9 Å². The third-order valence-electron chi connectivity index (χ3n) is 4.96. The van der Waals surface area contributed by atoms with Crippen LogP contribution in [0.4, 0.5) is 5.69 Å². The van der Waals surface area contributed by atoms with Crippen molar-refractivity contribution < 1.29 is 18.8 Å². The highest BCUT2D eigenvalue weighted by Gasteiger charge is 2.35. The molecule has 0 N–H and O–H groups in total. The molecule has 4 rings (SSSR count). The van der Waals surface area contributed by atoms with Crippen molar-refractivity contribution in [2.45, 2.75) is 19.3 Å². The molecule has 0 spiro atoms. The van der Waals surface area contributed by atoms with E-state index in [-0.39, 0.29) is 11.8 Å². The van der Waals surface area contributed by atoms with Gasteiger partial charge in [-0.05, 0) is 36.8 Å². The predicted octanol–water partition coefficient (Wildman–Crippen LogP) is 3.58. The molecule has 1 aliphatic rings. The third-order valence-corrected chi connectivity index (χ3v) is 4.96. The highest BCUT2D eigenvalue weighted by atomic mass is 16.5. The number of ether oxygens (including phenoxy) is 2. The van der Waals surface area contributed by atoms with Gasteiger partial charge in [0.2, 0.25) is 17.6 Å². The molecule has 1 amide bonds. The van der Waals surface area contributed by atoms with E-state index >= 15 is 0 Å². The molecule has 2 heterocycles. The van der Waals surface area contributed by atoms with Gasteiger partial charge in [-0.2, -0.15) is 4.98 Å². The quantitative estimate of drug-likeness (QED) is 0.674. The Morgan fingerprint density at radius 3 is 2.64 bits per heavy atom. The van der Waals surface area contributed by atoms with E-state index in [9.17, 15) is 4.79 Å². The number of hydrogen-bond donors (Lipinski definition) is 0. The van der Waals surface area contributed by atoms with E-state index in [1.807, 2.05) is 37.3 Å². The summed E-state index contributed by atoms with van der Waals surface area (Å²) in [5.41, 5.74) is 2.75. The van der Waals surface area contributed by atoms with E-state index in [1.54, 1.807) is 31.3 Å². The first-order chi connectivity index (χ1) is 13.6. The standard InChI is InChI=1S/C21H21N3O4/c1-13-6-4-5-7-16(13)24-12-15(11-19(24)25)21-22-20(23-28-21)14-8-9-17(26-2)18(10-14)27-3/h4-10,15H,11-12H2,1-3H3. The number of carbonyl (C=O) groups is 1. The first kappa shape index (κ1) is 18.0. The van der Waals surface area contributed by atoms with E-state index in [0.717, 1.165) is 16.8 Å². The van der Waals surface area contributed by atoms with Gasteiger partial charge in [-0.3, -0.25) is 4.79 Å². The first-order valence-corrected chi connectivity index (χ1v) is 9.02. The van der Waals surface area contributed by atoms with Gasteiger partial charge < -0.3 is 18.9 Å². The number of aromatic nitrogens is 2. The number of methoxy groups -OCH3 is 2. The summed E-state index contributed by atoms with van der Waals surface area (Å²) in [6.45, 7) is 2.52. The summed E-state index contributed by atoms with van der Waals surface area (Å²) in [4.78, 5) is 18.9. The van der Waals surface area contributed by atoms with E-state index in [2.05, 4.69) is 10.1 Å². The fourth-order valence-electron chi connectivity index (χ4n) is 3.47. The zero-order chi connectivity index (χ0) is 19.7. The number of carbonyl (C=O) groups excluding carboxylic acids is 1. The van der Waals surface area contributed by atoms with Crippen molar-refractivity contribution in [1.29, 1.82) is 0 Å².